The summed E-state index contributed by atoms with van der Waals surface area (Å²) in [5.41, 5.74) is 1.62. The van der Waals surface area contributed by atoms with E-state index in [0.717, 1.165) is 48.8 Å². The first-order chi connectivity index (χ1) is 11.7. The van der Waals surface area contributed by atoms with Gasteiger partial charge >= 0.3 is 0 Å². The van der Waals surface area contributed by atoms with Gasteiger partial charge in [-0.1, -0.05) is 13.3 Å². The number of fused-ring (bicyclic) bond motifs is 1. The zero-order valence-corrected chi connectivity index (χ0v) is 14.9. The van der Waals surface area contributed by atoms with Crippen molar-refractivity contribution in [3.63, 3.8) is 0 Å². The number of nitrogens with one attached hydrogen (secondary N) is 1. The standard InChI is InChI=1S/C18H28FN3O2/c1-4-6-9-22(3)18(20-5-2)21-8-7-14-10-16(19)11-15-12-23-13-24-17(14)15/h10-11H,4-9,12-13H2,1-3H3,(H,20,21). The van der Waals surface area contributed by atoms with Crippen molar-refractivity contribution in [3.05, 3.63) is 29.1 Å². The molecule has 0 spiro atoms. The molecule has 0 amide bonds. The molecular formula is C18H28FN3O2. The van der Waals surface area contributed by atoms with Crippen LogP contribution >= 0.6 is 0 Å². The molecule has 0 saturated carbocycles. The fraction of sp³-hybridized carbons (Fsp3) is 0.611. The molecule has 0 aliphatic carbocycles. The van der Waals surface area contributed by atoms with E-state index in [1.54, 1.807) is 0 Å². The molecule has 0 saturated heterocycles. The zero-order chi connectivity index (χ0) is 17.4. The van der Waals surface area contributed by atoms with Gasteiger partial charge in [0.25, 0.3) is 0 Å². The number of ether oxygens (including phenoxy) is 2. The van der Waals surface area contributed by atoms with E-state index in [9.17, 15) is 4.39 Å². The maximum Gasteiger partial charge on any atom is 0.193 e. The maximum atomic E-state index is 13.8. The first-order valence-electron chi connectivity index (χ1n) is 8.67. The largest absolute Gasteiger partial charge is 0.467 e. The van der Waals surface area contributed by atoms with Crippen molar-refractivity contribution in [1.29, 1.82) is 0 Å². The molecule has 1 aliphatic rings. The van der Waals surface area contributed by atoms with Crippen LogP contribution in [0.25, 0.3) is 0 Å². The second kappa shape index (κ2) is 9.47. The summed E-state index contributed by atoms with van der Waals surface area (Å²) in [5, 5.41) is 3.30. The highest BCUT2D eigenvalue weighted by Crippen LogP contribution is 2.29. The predicted octanol–water partition coefficient (Wildman–Crippen LogP) is 2.93. The predicted molar refractivity (Wildman–Crippen MR) is 93.9 cm³/mol. The minimum Gasteiger partial charge on any atom is -0.467 e. The van der Waals surface area contributed by atoms with Crippen molar-refractivity contribution >= 4 is 5.96 Å². The van der Waals surface area contributed by atoms with Crippen LogP contribution in [0.15, 0.2) is 17.1 Å². The Morgan fingerprint density at radius 2 is 2.21 bits per heavy atom. The summed E-state index contributed by atoms with van der Waals surface area (Å²) in [6, 6.07) is 3.01. The molecule has 134 valence electrons. The second-order valence-electron chi connectivity index (χ2n) is 5.92. The van der Waals surface area contributed by atoms with Crippen LogP contribution in [0.4, 0.5) is 4.39 Å². The van der Waals surface area contributed by atoms with Crippen molar-refractivity contribution in [2.45, 2.75) is 39.7 Å². The summed E-state index contributed by atoms with van der Waals surface area (Å²) >= 11 is 0. The number of rotatable bonds is 7. The summed E-state index contributed by atoms with van der Waals surface area (Å²) in [4.78, 5) is 6.80. The maximum absolute atomic E-state index is 13.8. The smallest absolute Gasteiger partial charge is 0.193 e. The van der Waals surface area contributed by atoms with Crippen LogP contribution in [-0.4, -0.2) is 44.3 Å². The molecule has 1 N–H and O–H groups in total. The molecule has 0 fully saturated rings. The average molecular weight is 337 g/mol. The number of hydrogen-bond donors (Lipinski definition) is 1. The number of unbranched alkanes of at least 4 members (excludes halogenated alkanes) is 1. The summed E-state index contributed by atoms with van der Waals surface area (Å²) in [7, 11) is 2.04. The molecule has 24 heavy (non-hydrogen) atoms. The van der Waals surface area contributed by atoms with Gasteiger partial charge in [0, 0.05) is 32.2 Å². The summed E-state index contributed by atoms with van der Waals surface area (Å²) < 4.78 is 24.5. The molecule has 1 heterocycles. The lowest BCUT2D eigenvalue weighted by Gasteiger charge is -2.22. The lowest BCUT2D eigenvalue weighted by Crippen LogP contribution is -2.39. The van der Waals surface area contributed by atoms with Crippen LogP contribution in [0.1, 0.15) is 37.8 Å². The molecule has 1 aromatic carbocycles. The Hall–Kier alpha value is -1.82. The van der Waals surface area contributed by atoms with Crippen LogP contribution in [0.3, 0.4) is 0 Å². The monoisotopic (exact) mass is 337 g/mol. The Kier molecular flexibility index (Phi) is 7.31. The van der Waals surface area contributed by atoms with E-state index in [1.165, 1.54) is 12.1 Å². The molecule has 0 atom stereocenters. The van der Waals surface area contributed by atoms with Crippen LogP contribution in [0, 0.1) is 5.82 Å². The molecule has 1 aliphatic heterocycles. The van der Waals surface area contributed by atoms with E-state index in [1.807, 2.05) is 7.05 Å². The average Bonchev–Trinajstić information content (AvgIpc) is 2.58. The van der Waals surface area contributed by atoms with Crippen LogP contribution in [-0.2, 0) is 17.8 Å². The van der Waals surface area contributed by atoms with Crippen molar-refractivity contribution < 1.29 is 13.9 Å². The van der Waals surface area contributed by atoms with Crippen molar-refractivity contribution in [2.24, 2.45) is 4.99 Å². The normalized spacial score (nSPS) is 14.1. The van der Waals surface area contributed by atoms with Gasteiger partial charge in [-0.15, -0.1) is 0 Å². The van der Waals surface area contributed by atoms with E-state index in [-0.39, 0.29) is 12.6 Å². The van der Waals surface area contributed by atoms with Gasteiger partial charge in [-0.05, 0) is 37.5 Å². The SMILES string of the molecule is CCCCN(C)C(=NCCc1cc(F)cc2c1OCOC2)NCC. The molecule has 0 radical (unpaired) electrons. The lowest BCUT2D eigenvalue weighted by atomic mass is 10.1. The molecule has 0 aromatic heterocycles. The second-order valence-corrected chi connectivity index (χ2v) is 5.92. The van der Waals surface area contributed by atoms with Gasteiger partial charge in [0.1, 0.15) is 11.6 Å². The van der Waals surface area contributed by atoms with E-state index in [0.29, 0.717) is 19.6 Å². The highest BCUT2D eigenvalue weighted by atomic mass is 19.1. The van der Waals surface area contributed by atoms with E-state index in [4.69, 9.17) is 9.47 Å². The highest BCUT2D eigenvalue weighted by Gasteiger charge is 2.16. The lowest BCUT2D eigenvalue weighted by molar-refractivity contribution is -0.0172. The number of benzene rings is 1. The molecule has 5 nitrogen and oxygen atoms in total. The highest BCUT2D eigenvalue weighted by molar-refractivity contribution is 5.79. The Balaban J connectivity index is 2.04. The molecule has 2 rings (SSSR count). The molecule has 1 aromatic rings. The van der Waals surface area contributed by atoms with Crippen LogP contribution < -0.4 is 10.1 Å². The fourth-order valence-electron chi connectivity index (χ4n) is 2.70. The van der Waals surface area contributed by atoms with Crippen molar-refractivity contribution in [1.82, 2.24) is 10.2 Å². The van der Waals surface area contributed by atoms with E-state index in [2.05, 4.69) is 29.1 Å². The number of halogens is 1. The van der Waals surface area contributed by atoms with Gasteiger partial charge in [0.2, 0.25) is 0 Å². The van der Waals surface area contributed by atoms with Crippen LogP contribution in [0.2, 0.25) is 0 Å². The fourth-order valence-corrected chi connectivity index (χ4v) is 2.70. The summed E-state index contributed by atoms with van der Waals surface area (Å²) in [6.45, 7) is 7.22. The Morgan fingerprint density at radius 1 is 1.38 bits per heavy atom. The minimum absolute atomic E-state index is 0.220. The number of guanidine groups is 1. The number of aliphatic imine (C=N–C) groups is 1. The van der Waals surface area contributed by atoms with Crippen molar-refractivity contribution in [2.75, 3.05) is 33.5 Å². The van der Waals surface area contributed by atoms with Gasteiger partial charge in [-0.3, -0.25) is 4.99 Å². The number of hydrogen-bond acceptors (Lipinski definition) is 3. The molecular weight excluding hydrogens is 309 g/mol. The van der Waals surface area contributed by atoms with E-state index >= 15 is 0 Å². The third-order valence-corrected chi connectivity index (χ3v) is 3.94. The van der Waals surface area contributed by atoms with Crippen LogP contribution in [0.5, 0.6) is 5.75 Å². The topological polar surface area (TPSA) is 46.1 Å². The number of nitrogens with zero attached hydrogens (tertiary/aromatic N) is 2. The Bertz CT molecular complexity index is 563. The first kappa shape index (κ1) is 18.5. The third kappa shape index (κ3) is 5.09. The van der Waals surface area contributed by atoms with E-state index < -0.39 is 0 Å². The van der Waals surface area contributed by atoms with Gasteiger partial charge in [-0.2, -0.15) is 0 Å². The molecule has 0 bridgehead atoms. The van der Waals surface area contributed by atoms with Gasteiger partial charge in [-0.25, -0.2) is 4.39 Å². The van der Waals surface area contributed by atoms with Gasteiger partial charge in [0.05, 0.1) is 6.61 Å². The zero-order valence-electron chi connectivity index (χ0n) is 14.9. The summed E-state index contributed by atoms with van der Waals surface area (Å²) in [5.74, 6) is 1.39. The van der Waals surface area contributed by atoms with Gasteiger partial charge in [0.15, 0.2) is 12.8 Å². The summed E-state index contributed by atoms with van der Waals surface area (Å²) in [6.07, 6.45) is 2.92. The minimum atomic E-state index is -0.256. The van der Waals surface area contributed by atoms with Crippen molar-refractivity contribution in [3.8, 4) is 5.75 Å². The third-order valence-electron chi connectivity index (χ3n) is 3.94. The van der Waals surface area contributed by atoms with Gasteiger partial charge < -0.3 is 19.7 Å². The Morgan fingerprint density at radius 3 is 2.96 bits per heavy atom. The Labute approximate surface area is 143 Å². The molecule has 6 heteroatoms. The molecule has 0 unspecified atom stereocenters. The first-order valence-corrected chi connectivity index (χ1v) is 8.67. The quantitative estimate of drug-likeness (QED) is 0.614.